The zero-order valence-electron chi connectivity index (χ0n) is 18.1. The zero-order valence-corrected chi connectivity index (χ0v) is 18.1. The highest BCUT2D eigenvalue weighted by atomic mass is 16.1. The van der Waals surface area contributed by atoms with Gasteiger partial charge in [0.15, 0.2) is 0 Å². The molecule has 1 fully saturated rings. The maximum atomic E-state index is 12.8. The number of piperazine rings is 1. The lowest BCUT2D eigenvalue weighted by Gasteiger charge is -2.38. The summed E-state index contributed by atoms with van der Waals surface area (Å²) in [4.78, 5) is 21.7. The third kappa shape index (κ3) is 4.86. The molecule has 0 unspecified atom stereocenters. The van der Waals surface area contributed by atoms with Crippen LogP contribution < -0.4 is 16.0 Å². The average Bonchev–Trinajstić information content (AvgIpc) is 2.81. The molecule has 6 nitrogen and oxygen atoms in total. The summed E-state index contributed by atoms with van der Waals surface area (Å²) in [6, 6.07) is 17.9. The predicted molar refractivity (Wildman–Crippen MR) is 127 cm³/mol. The van der Waals surface area contributed by atoms with Crippen molar-refractivity contribution in [2.45, 2.75) is 19.9 Å². The van der Waals surface area contributed by atoms with Gasteiger partial charge in [0.05, 0.1) is 11.4 Å². The number of rotatable bonds is 5. The van der Waals surface area contributed by atoms with E-state index < -0.39 is 0 Å². The largest absolute Gasteiger partial charge is 0.397 e. The number of nitrogens with two attached hydrogens (primary N) is 1. The summed E-state index contributed by atoms with van der Waals surface area (Å²) in [5.74, 6) is -0.172. The van der Waals surface area contributed by atoms with Crippen LogP contribution in [0.4, 0.5) is 17.1 Å². The first-order chi connectivity index (χ1) is 15.0. The van der Waals surface area contributed by atoms with Crippen molar-refractivity contribution in [3.8, 4) is 11.1 Å². The molecule has 4 rings (SSSR count). The second-order valence-electron chi connectivity index (χ2n) is 8.16. The average molecular weight is 416 g/mol. The minimum Gasteiger partial charge on any atom is -0.397 e. The van der Waals surface area contributed by atoms with Crippen molar-refractivity contribution < 1.29 is 4.79 Å². The molecule has 1 saturated heterocycles. The number of carbonyl (C=O) groups excluding carboxylic acids is 1. The lowest BCUT2D eigenvalue weighted by atomic mass is 10.1. The summed E-state index contributed by atoms with van der Waals surface area (Å²) >= 11 is 0. The van der Waals surface area contributed by atoms with E-state index in [1.54, 1.807) is 12.4 Å². The quantitative estimate of drug-likeness (QED) is 0.614. The highest BCUT2D eigenvalue weighted by Crippen LogP contribution is 2.27. The van der Waals surface area contributed by atoms with Crippen LogP contribution in [0.25, 0.3) is 11.1 Å². The molecular weight excluding hydrogens is 386 g/mol. The third-order valence-electron chi connectivity index (χ3n) is 5.85. The van der Waals surface area contributed by atoms with Crippen molar-refractivity contribution in [3.05, 3.63) is 72.6 Å². The van der Waals surface area contributed by atoms with E-state index in [0.29, 0.717) is 23.0 Å². The van der Waals surface area contributed by atoms with Crippen LogP contribution in [0, 0.1) is 0 Å². The van der Waals surface area contributed by atoms with Crippen LogP contribution in [-0.2, 0) is 0 Å². The Labute approximate surface area is 183 Å². The first kappa shape index (κ1) is 20.9. The van der Waals surface area contributed by atoms with Crippen LogP contribution in [0.15, 0.2) is 67.0 Å². The Morgan fingerprint density at radius 1 is 0.935 bits per heavy atom. The Balaban J connectivity index is 1.44. The second-order valence-corrected chi connectivity index (χ2v) is 8.16. The minimum atomic E-state index is -0.172. The normalized spacial score (nSPS) is 14.6. The molecule has 0 radical (unpaired) electrons. The first-order valence-electron chi connectivity index (χ1n) is 10.7. The number of amides is 1. The number of anilines is 3. The molecule has 2 heterocycles. The van der Waals surface area contributed by atoms with E-state index in [4.69, 9.17) is 5.73 Å². The van der Waals surface area contributed by atoms with Gasteiger partial charge in [-0.2, -0.15) is 0 Å². The standard InChI is InChI=1S/C25H29N5O/c1-18(2)29-13-15-30(16-14-29)22-6-3-20(4-7-22)25(31)28-24-17-21(5-8-23(24)26)19-9-11-27-12-10-19/h3-12,17-18H,13-16,26H2,1-2H3,(H,28,31). The molecule has 6 heteroatoms. The highest BCUT2D eigenvalue weighted by molar-refractivity contribution is 6.06. The molecule has 0 atom stereocenters. The van der Waals surface area contributed by atoms with Gasteiger partial charge in [-0.25, -0.2) is 0 Å². The van der Waals surface area contributed by atoms with Crippen LogP contribution >= 0.6 is 0 Å². The topological polar surface area (TPSA) is 74.5 Å². The molecular formula is C25H29N5O. The summed E-state index contributed by atoms with van der Waals surface area (Å²) in [5, 5.41) is 2.95. The summed E-state index contributed by atoms with van der Waals surface area (Å²) < 4.78 is 0. The number of aromatic nitrogens is 1. The van der Waals surface area contributed by atoms with E-state index in [-0.39, 0.29) is 5.91 Å². The van der Waals surface area contributed by atoms with Crippen molar-refractivity contribution in [2.75, 3.05) is 42.1 Å². The molecule has 2 aromatic carbocycles. The number of nitrogen functional groups attached to an aromatic ring is 1. The van der Waals surface area contributed by atoms with Gasteiger partial charge in [0.1, 0.15) is 0 Å². The number of nitrogens with one attached hydrogen (secondary N) is 1. The summed E-state index contributed by atoms with van der Waals surface area (Å²) in [7, 11) is 0. The third-order valence-corrected chi connectivity index (χ3v) is 5.85. The van der Waals surface area contributed by atoms with E-state index >= 15 is 0 Å². The monoisotopic (exact) mass is 415 g/mol. The van der Waals surface area contributed by atoms with E-state index in [9.17, 15) is 4.79 Å². The summed E-state index contributed by atoms with van der Waals surface area (Å²) in [6.07, 6.45) is 3.49. The number of hydrogen-bond acceptors (Lipinski definition) is 5. The second kappa shape index (κ2) is 9.18. The van der Waals surface area contributed by atoms with E-state index in [1.807, 2.05) is 54.6 Å². The van der Waals surface area contributed by atoms with Crippen molar-refractivity contribution in [1.29, 1.82) is 0 Å². The van der Waals surface area contributed by atoms with Crippen LogP contribution in [0.2, 0.25) is 0 Å². The van der Waals surface area contributed by atoms with Gasteiger partial charge < -0.3 is 16.0 Å². The van der Waals surface area contributed by atoms with Crippen molar-refractivity contribution >= 4 is 23.0 Å². The molecule has 1 aliphatic heterocycles. The van der Waals surface area contributed by atoms with Gasteiger partial charge in [0.25, 0.3) is 5.91 Å². The Bertz CT molecular complexity index is 1030. The summed E-state index contributed by atoms with van der Waals surface area (Å²) in [5.41, 5.74) is 11.0. The predicted octanol–water partition coefficient (Wildman–Crippen LogP) is 4.11. The van der Waals surface area contributed by atoms with Crippen molar-refractivity contribution in [3.63, 3.8) is 0 Å². The lowest BCUT2D eigenvalue weighted by Crippen LogP contribution is -2.48. The first-order valence-corrected chi connectivity index (χ1v) is 10.7. The molecule has 160 valence electrons. The van der Waals surface area contributed by atoms with Gasteiger partial charge in [0, 0.05) is 55.9 Å². The molecule has 3 aromatic rings. The Morgan fingerprint density at radius 2 is 1.61 bits per heavy atom. The van der Waals surface area contributed by atoms with Crippen molar-refractivity contribution in [1.82, 2.24) is 9.88 Å². The van der Waals surface area contributed by atoms with Gasteiger partial charge in [0.2, 0.25) is 0 Å². The lowest BCUT2D eigenvalue weighted by molar-refractivity contribution is 0.102. The van der Waals surface area contributed by atoms with Gasteiger partial charge in [-0.15, -0.1) is 0 Å². The minimum absolute atomic E-state index is 0.172. The molecule has 0 bridgehead atoms. The van der Waals surface area contributed by atoms with E-state index in [2.05, 4.69) is 33.9 Å². The number of nitrogens with zero attached hydrogens (tertiary/aromatic N) is 3. The van der Waals surface area contributed by atoms with Crippen molar-refractivity contribution in [2.24, 2.45) is 0 Å². The Hall–Kier alpha value is -3.38. The van der Waals surface area contributed by atoms with Gasteiger partial charge >= 0.3 is 0 Å². The van der Waals surface area contributed by atoms with Crippen LogP contribution in [0.3, 0.4) is 0 Å². The fourth-order valence-corrected chi connectivity index (χ4v) is 3.90. The van der Waals surface area contributed by atoms with Crippen LogP contribution in [0.1, 0.15) is 24.2 Å². The Kier molecular flexibility index (Phi) is 6.18. The molecule has 3 N–H and O–H groups in total. The molecule has 1 amide bonds. The Morgan fingerprint density at radius 3 is 2.26 bits per heavy atom. The number of hydrogen-bond donors (Lipinski definition) is 2. The van der Waals surface area contributed by atoms with E-state index in [1.165, 1.54) is 0 Å². The molecule has 0 saturated carbocycles. The molecule has 0 spiro atoms. The zero-order chi connectivity index (χ0) is 21.8. The fourth-order valence-electron chi connectivity index (χ4n) is 3.90. The highest BCUT2D eigenvalue weighted by Gasteiger charge is 2.19. The van der Waals surface area contributed by atoms with E-state index in [0.717, 1.165) is 43.0 Å². The van der Waals surface area contributed by atoms with Gasteiger partial charge in [-0.05, 0) is 73.5 Å². The summed E-state index contributed by atoms with van der Waals surface area (Å²) in [6.45, 7) is 8.61. The smallest absolute Gasteiger partial charge is 0.255 e. The van der Waals surface area contributed by atoms with Gasteiger partial charge in [-0.1, -0.05) is 6.07 Å². The maximum absolute atomic E-state index is 12.8. The number of pyridine rings is 1. The maximum Gasteiger partial charge on any atom is 0.255 e. The van der Waals surface area contributed by atoms with Gasteiger partial charge in [-0.3, -0.25) is 14.7 Å². The molecule has 1 aliphatic rings. The molecule has 31 heavy (non-hydrogen) atoms. The SMILES string of the molecule is CC(C)N1CCN(c2ccc(C(=O)Nc3cc(-c4ccncc4)ccc3N)cc2)CC1. The van der Waals surface area contributed by atoms with Crippen LogP contribution in [-0.4, -0.2) is 48.0 Å². The molecule has 0 aliphatic carbocycles. The fraction of sp³-hybridized carbons (Fsp3) is 0.280. The number of carbonyl (C=O) groups is 1. The van der Waals surface area contributed by atoms with Crippen LogP contribution in [0.5, 0.6) is 0 Å². The molecule has 1 aromatic heterocycles. The number of benzene rings is 2.